The topological polar surface area (TPSA) is 38.1 Å². The number of rotatable bonds is 6. The van der Waals surface area contributed by atoms with Gasteiger partial charge in [0, 0.05) is 22.4 Å². The predicted molar refractivity (Wildman–Crippen MR) is 217 cm³/mol. The smallest absolute Gasteiger partial charge is 0.227 e. The van der Waals surface area contributed by atoms with Crippen molar-refractivity contribution in [1.82, 2.24) is 4.98 Å². The lowest BCUT2D eigenvalue weighted by atomic mass is 9.50. The van der Waals surface area contributed by atoms with Gasteiger partial charge in [0.2, 0.25) is 5.89 Å². The number of aromatic nitrogens is 1. The highest BCUT2D eigenvalue weighted by atomic mass is 16.3. The number of para-hydroxylation sites is 2. The molecule has 4 fully saturated rings. The lowest BCUT2D eigenvalue weighted by molar-refractivity contribution is -0.00260. The summed E-state index contributed by atoms with van der Waals surface area (Å²) >= 11 is 0. The summed E-state index contributed by atoms with van der Waals surface area (Å²) in [6.45, 7) is 4.83. The van der Waals surface area contributed by atoms with E-state index in [9.17, 15) is 0 Å². The van der Waals surface area contributed by atoms with E-state index in [-0.39, 0.29) is 5.41 Å². The number of benzene rings is 6. The summed E-state index contributed by atoms with van der Waals surface area (Å²) in [5.74, 6) is 5.06. The monoisotopic (exact) mass is 688 g/mol. The predicted octanol–water partition coefficient (Wildman–Crippen LogP) is 13.4. The summed E-state index contributed by atoms with van der Waals surface area (Å²) in [7, 11) is 0. The maximum atomic E-state index is 5.97. The van der Waals surface area contributed by atoms with Gasteiger partial charge in [-0.2, -0.15) is 0 Å². The molecular formula is C50H44N2O. The van der Waals surface area contributed by atoms with E-state index >= 15 is 0 Å². The molecule has 1 heterocycles. The third-order valence-electron chi connectivity index (χ3n) is 13.5. The van der Waals surface area contributed by atoms with Gasteiger partial charge >= 0.3 is 0 Å². The molecule has 3 heteroatoms. The maximum absolute atomic E-state index is 5.97. The van der Waals surface area contributed by atoms with Crippen molar-refractivity contribution in [3.63, 3.8) is 0 Å². The molecule has 5 aliphatic carbocycles. The van der Waals surface area contributed by atoms with Gasteiger partial charge in [-0.3, -0.25) is 0 Å². The summed E-state index contributed by atoms with van der Waals surface area (Å²) in [5.41, 5.74) is 17.3. The zero-order valence-electron chi connectivity index (χ0n) is 30.5. The van der Waals surface area contributed by atoms with Gasteiger partial charge in [-0.1, -0.05) is 92.7 Å². The van der Waals surface area contributed by atoms with E-state index in [1.807, 2.05) is 24.3 Å². The Morgan fingerprint density at radius 3 is 1.94 bits per heavy atom. The Balaban J connectivity index is 0.877. The third kappa shape index (κ3) is 5.04. The molecule has 53 heavy (non-hydrogen) atoms. The van der Waals surface area contributed by atoms with Crippen molar-refractivity contribution in [2.75, 3.05) is 5.32 Å². The van der Waals surface area contributed by atoms with Crippen LogP contribution in [0.5, 0.6) is 0 Å². The Morgan fingerprint density at radius 2 is 1.21 bits per heavy atom. The summed E-state index contributed by atoms with van der Waals surface area (Å²) in [5, 5.41) is 3.57. The van der Waals surface area contributed by atoms with Crippen LogP contribution in [0.4, 0.5) is 11.4 Å². The van der Waals surface area contributed by atoms with Gasteiger partial charge in [0.25, 0.3) is 0 Å². The minimum absolute atomic E-state index is 0.0835. The number of oxazole rings is 1. The van der Waals surface area contributed by atoms with Crippen molar-refractivity contribution in [3.8, 4) is 44.8 Å². The Labute approximate surface area is 312 Å². The second kappa shape index (κ2) is 11.8. The number of nitrogens with zero attached hydrogens (tertiary/aromatic N) is 1. The fourth-order valence-corrected chi connectivity index (χ4v) is 11.3. The molecule has 0 radical (unpaired) electrons. The second-order valence-electron chi connectivity index (χ2n) is 16.9. The van der Waals surface area contributed by atoms with Crippen molar-refractivity contribution in [1.29, 1.82) is 0 Å². The van der Waals surface area contributed by atoms with Crippen LogP contribution in [0.1, 0.15) is 68.6 Å². The minimum atomic E-state index is -0.0835. The molecule has 4 saturated carbocycles. The molecule has 5 aliphatic rings. The van der Waals surface area contributed by atoms with Crippen LogP contribution in [0.3, 0.4) is 0 Å². The third-order valence-corrected chi connectivity index (χ3v) is 13.5. The highest BCUT2D eigenvalue weighted by Crippen LogP contribution is 2.61. The van der Waals surface area contributed by atoms with E-state index in [4.69, 9.17) is 4.42 Å². The van der Waals surface area contributed by atoms with E-state index < -0.39 is 0 Å². The highest BCUT2D eigenvalue weighted by molar-refractivity contribution is 5.94. The average molecular weight is 689 g/mol. The van der Waals surface area contributed by atoms with Crippen LogP contribution in [0.25, 0.3) is 55.9 Å². The van der Waals surface area contributed by atoms with Gasteiger partial charge in [0.1, 0.15) is 5.52 Å². The zero-order valence-corrected chi connectivity index (χ0v) is 30.5. The molecule has 260 valence electrons. The van der Waals surface area contributed by atoms with E-state index in [0.29, 0.717) is 11.8 Å². The second-order valence-corrected chi connectivity index (χ2v) is 16.9. The minimum Gasteiger partial charge on any atom is -0.436 e. The standard InChI is InChI=1S/C50H44N2O/c1-50(2)43-11-7-10-41(39-8-3-4-9-40(39)47-35-25-30-24-31(27-35)28-36(47)26-30)48(43)42-23-18-34(29-44(42)50)32-14-19-37(20-15-32)51-38-21-16-33(17-22-38)49-52-45-12-5-6-13-46(45)53-49/h3-23,29-31,35-36,47,51H,24-28H2,1-2H3. The Bertz CT molecular complexity index is 2460. The molecule has 0 saturated heterocycles. The van der Waals surface area contributed by atoms with Gasteiger partial charge in [0.05, 0.1) is 0 Å². The van der Waals surface area contributed by atoms with Crippen LogP contribution >= 0.6 is 0 Å². The molecule has 12 rings (SSSR count). The Morgan fingerprint density at radius 1 is 0.566 bits per heavy atom. The van der Waals surface area contributed by atoms with Gasteiger partial charge in [-0.25, -0.2) is 4.98 Å². The SMILES string of the molecule is CC1(C)c2cc(-c3ccc(Nc4ccc(-c5nc6ccccc6o5)cc4)cc3)ccc2-c2c(-c3ccccc3C3C4CC5CC(C4)CC3C5)cccc21. The lowest BCUT2D eigenvalue weighted by Gasteiger charge is -2.55. The van der Waals surface area contributed by atoms with Crippen LogP contribution < -0.4 is 5.32 Å². The molecule has 4 bridgehead atoms. The molecule has 0 unspecified atom stereocenters. The van der Waals surface area contributed by atoms with Crippen molar-refractivity contribution < 1.29 is 4.42 Å². The number of anilines is 2. The Hall–Kier alpha value is -5.41. The lowest BCUT2D eigenvalue weighted by Crippen LogP contribution is -2.43. The first-order chi connectivity index (χ1) is 26.0. The highest BCUT2D eigenvalue weighted by Gasteiger charge is 2.49. The maximum Gasteiger partial charge on any atom is 0.227 e. The van der Waals surface area contributed by atoms with Crippen molar-refractivity contribution in [3.05, 3.63) is 150 Å². The fraction of sp³-hybridized carbons (Fsp3) is 0.260. The van der Waals surface area contributed by atoms with Crippen LogP contribution in [0.2, 0.25) is 0 Å². The zero-order chi connectivity index (χ0) is 35.3. The molecule has 0 aliphatic heterocycles. The van der Waals surface area contributed by atoms with Crippen LogP contribution in [0, 0.1) is 23.7 Å². The molecule has 1 aromatic heterocycles. The van der Waals surface area contributed by atoms with Crippen molar-refractivity contribution >= 4 is 22.5 Å². The molecule has 6 aromatic carbocycles. The van der Waals surface area contributed by atoms with Gasteiger partial charge < -0.3 is 9.73 Å². The van der Waals surface area contributed by atoms with Gasteiger partial charge in [-0.15, -0.1) is 0 Å². The molecule has 7 aromatic rings. The first-order valence-corrected chi connectivity index (χ1v) is 19.7. The van der Waals surface area contributed by atoms with Crippen molar-refractivity contribution in [2.45, 2.75) is 57.3 Å². The largest absolute Gasteiger partial charge is 0.436 e. The molecule has 1 N–H and O–H groups in total. The van der Waals surface area contributed by atoms with Crippen LogP contribution in [-0.2, 0) is 5.41 Å². The first kappa shape index (κ1) is 31.1. The molecule has 3 nitrogen and oxygen atoms in total. The van der Waals surface area contributed by atoms with Crippen LogP contribution in [-0.4, -0.2) is 4.98 Å². The number of hydrogen-bond acceptors (Lipinski definition) is 3. The fourth-order valence-electron chi connectivity index (χ4n) is 11.3. The number of hydrogen-bond donors (Lipinski definition) is 1. The average Bonchev–Trinajstić information content (AvgIpc) is 3.72. The van der Waals surface area contributed by atoms with E-state index in [1.165, 1.54) is 76.6 Å². The summed E-state index contributed by atoms with van der Waals surface area (Å²) in [6.07, 6.45) is 7.29. The molecular weight excluding hydrogens is 645 g/mol. The van der Waals surface area contributed by atoms with E-state index in [2.05, 4.69) is 133 Å². The van der Waals surface area contributed by atoms with E-state index in [0.717, 1.165) is 51.7 Å². The summed E-state index contributed by atoms with van der Waals surface area (Å²) in [4.78, 5) is 4.64. The van der Waals surface area contributed by atoms with Gasteiger partial charge in [-0.05, 0) is 166 Å². The summed E-state index contributed by atoms with van der Waals surface area (Å²) < 4.78 is 5.97. The van der Waals surface area contributed by atoms with Crippen molar-refractivity contribution in [2.24, 2.45) is 23.7 Å². The summed E-state index contributed by atoms with van der Waals surface area (Å²) in [6, 6.07) is 48.7. The number of fused-ring (bicyclic) bond motifs is 4. The molecule has 0 spiro atoms. The Kier molecular flexibility index (Phi) is 6.93. The molecule has 0 atom stereocenters. The van der Waals surface area contributed by atoms with Gasteiger partial charge in [0.15, 0.2) is 5.58 Å². The van der Waals surface area contributed by atoms with Crippen LogP contribution in [0.15, 0.2) is 138 Å². The normalized spacial score (nSPS) is 23.2. The first-order valence-electron chi connectivity index (χ1n) is 19.7. The van der Waals surface area contributed by atoms with E-state index in [1.54, 1.807) is 5.56 Å². The molecule has 0 amide bonds. The number of nitrogens with one attached hydrogen (secondary N) is 1. The quantitative estimate of drug-likeness (QED) is 0.189.